The second-order valence-corrected chi connectivity index (χ2v) is 7.65. The van der Waals surface area contributed by atoms with Gasteiger partial charge in [-0.25, -0.2) is 9.48 Å². The third-order valence-electron chi connectivity index (χ3n) is 4.38. The molecule has 8 heteroatoms. The van der Waals surface area contributed by atoms with Gasteiger partial charge >= 0.3 is 5.97 Å². The lowest BCUT2D eigenvalue weighted by atomic mass is 10.1. The van der Waals surface area contributed by atoms with Crippen molar-refractivity contribution in [3.63, 3.8) is 0 Å². The SMILES string of the molecule is COC(=O)C(NC(=O)c1c(C)nn(Cc2ccccc2)c1Cl)c1ccc(Br)cc1. The molecular weight excluding hydrogens is 458 g/mol. The van der Waals surface area contributed by atoms with Crippen molar-refractivity contribution >= 4 is 39.4 Å². The van der Waals surface area contributed by atoms with E-state index in [9.17, 15) is 9.59 Å². The fourth-order valence-electron chi connectivity index (χ4n) is 2.93. The van der Waals surface area contributed by atoms with E-state index in [1.165, 1.54) is 7.11 Å². The summed E-state index contributed by atoms with van der Waals surface area (Å²) in [5, 5.41) is 7.31. The minimum atomic E-state index is -0.964. The third kappa shape index (κ3) is 4.86. The summed E-state index contributed by atoms with van der Waals surface area (Å²) in [7, 11) is 1.27. The maximum Gasteiger partial charge on any atom is 0.333 e. The molecule has 0 bridgehead atoms. The fourth-order valence-corrected chi connectivity index (χ4v) is 3.51. The largest absolute Gasteiger partial charge is 0.467 e. The van der Waals surface area contributed by atoms with Gasteiger partial charge in [0.2, 0.25) is 0 Å². The van der Waals surface area contributed by atoms with Gasteiger partial charge in [0.25, 0.3) is 5.91 Å². The molecule has 1 unspecified atom stereocenters. The highest BCUT2D eigenvalue weighted by atomic mass is 79.9. The van der Waals surface area contributed by atoms with Crippen molar-refractivity contribution in [3.05, 3.63) is 86.6 Å². The zero-order chi connectivity index (χ0) is 21.0. The lowest BCUT2D eigenvalue weighted by Crippen LogP contribution is -2.34. The van der Waals surface area contributed by atoms with Gasteiger partial charge in [0.05, 0.1) is 24.9 Å². The van der Waals surface area contributed by atoms with E-state index >= 15 is 0 Å². The predicted molar refractivity (Wildman–Crippen MR) is 114 cm³/mol. The van der Waals surface area contributed by atoms with Gasteiger partial charge in [-0.05, 0) is 30.2 Å². The molecule has 150 valence electrons. The normalized spacial score (nSPS) is 11.7. The molecule has 0 aliphatic rings. The van der Waals surface area contributed by atoms with Crippen LogP contribution in [0.1, 0.15) is 33.2 Å². The van der Waals surface area contributed by atoms with Crippen molar-refractivity contribution < 1.29 is 14.3 Å². The molecule has 1 amide bonds. The van der Waals surface area contributed by atoms with Gasteiger partial charge in [-0.3, -0.25) is 4.79 Å². The molecule has 2 aromatic carbocycles. The Morgan fingerprint density at radius 3 is 2.45 bits per heavy atom. The van der Waals surface area contributed by atoms with Crippen LogP contribution in [0.5, 0.6) is 0 Å². The Morgan fingerprint density at radius 1 is 1.17 bits per heavy atom. The molecule has 29 heavy (non-hydrogen) atoms. The highest BCUT2D eigenvalue weighted by Gasteiger charge is 2.28. The quantitative estimate of drug-likeness (QED) is 0.538. The van der Waals surface area contributed by atoms with Gasteiger partial charge < -0.3 is 10.1 Å². The summed E-state index contributed by atoms with van der Waals surface area (Å²) in [5.74, 6) is -1.07. The molecule has 3 rings (SSSR count). The van der Waals surface area contributed by atoms with Crippen molar-refractivity contribution in [2.75, 3.05) is 7.11 Å². The zero-order valence-corrected chi connectivity index (χ0v) is 18.2. The number of halogens is 2. The molecule has 3 aromatic rings. The van der Waals surface area contributed by atoms with E-state index in [4.69, 9.17) is 16.3 Å². The maximum absolute atomic E-state index is 13.0. The topological polar surface area (TPSA) is 73.2 Å². The molecule has 1 atom stereocenters. The van der Waals surface area contributed by atoms with Gasteiger partial charge in [0.15, 0.2) is 6.04 Å². The van der Waals surface area contributed by atoms with E-state index in [2.05, 4.69) is 26.3 Å². The molecule has 0 fully saturated rings. The molecule has 0 saturated heterocycles. The summed E-state index contributed by atoms with van der Waals surface area (Å²) < 4.78 is 7.28. The summed E-state index contributed by atoms with van der Waals surface area (Å²) in [4.78, 5) is 25.2. The van der Waals surface area contributed by atoms with E-state index in [-0.39, 0.29) is 10.7 Å². The number of aryl methyl sites for hydroxylation is 1. The number of amides is 1. The van der Waals surface area contributed by atoms with Crippen LogP contribution in [0.25, 0.3) is 0 Å². The summed E-state index contributed by atoms with van der Waals surface area (Å²) in [6.07, 6.45) is 0. The second-order valence-electron chi connectivity index (χ2n) is 6.38. The van der Waals surface area contributed by atoms with Crippen LogP contribution in [-0.4, -0.2) is 28.8 Å². The monoisotopic (exact) mass is 475 g/mol. The average Bonchev–Trinajstić information content (AvgIpc) is 3.00. The minimum Gasteiger partial charge on any atom is -0.467 e. The van der Waals surface area contributed by atoms with Crippen LogP contribution in [0.3, 0.4) is 0 Å². The van der Waals surface area contributed by atoms with Crippen LogP contribution in [0.15, 0.2) is 59.1 Å². The summed E-state index contributed by atoms with van der Waals surface area (Å²) in [6, 6.07) is 15.8. The molecule has 0 aliphatic heterocycles. The number of ether oxygens (including phenoxy) is 1. The Morgan fingerprint density at radius 2 is 1.83 bits per heavy atom. The van der Waals surface area contributed by atoms with Crippen molar-refractivity contribution in [3.8, 4) is 0 Å². The first-order chi connectivity index (χ1) is 13.9. The lowest BCUT2D eigenvalue weighted by molar-refractivity contribution is -0.143. The first-order valence-electron chi connectivity index (χ1n) is 8.81. The molecule has 6 nitrogen and oxygen atoms in total. The minimum absolute atomic E-state index is 0.211. The number of esters is 1. The Labute approximate surface area is 181 Å². The Kier molecular flexibility index (Phi) is 6.71. The highest BCUT2D eigenvalue weighted by Crippen LogP contribution is 2.23. The predicted octanol–water partition coefficient (Wildman–Crippen LogP) is 4.30. The van der Waals surface area contributed by atoms with Crippen molar-refractivity contribution in [2.24, 2.45) is 0 Å². The number of nitrogens with one attached hydrogen (secondary N) is 1. The van der Waals surface area contributed by atoms with Crippen molar-refractivity contribution in [1.82, 2.24) is 15.1 Å². The molecule has 0 radical (unpaired) electrons. The van der Waals surface area contributed by atoms with E-state index < -0.39 is 17.9 Å². The highest BCUT2D eigenvalue weighted by molar-refractivity contribution is 9.10. The Bertz CT molecular complexity index is 1020. The Hall–Kier alpha value is -2.64. The van der Waals surface area contributed by atoms with Crippen LogP contribution >= 0.6 is 27.5 Å². The van der Waals surface area contributed by atoms with E-state index in [0.29, 0.717) is 17.8 Å². The van der Waals surface area contributed by atoms with Crippen LogP contribution in [0.2, 0.25) is 5.15 Å². The number of aromatic nitrogens is 2. The molecule has 1 aromatic heterocycles. The molecule has 1 N–H and O–H groups in total. The zero-order valence-electron chi connectivity index (χ0n) is 15.9. The number of hydrogen-bond acceptors (Lipinski definition) is 4. The first kappa shape index (κ1) is 21.1. The molecule has 1 heterocycles. The van der Waals surface area contributed by atoms with E-state index in [1.54, 1.807) is 35.9 Å². The number of benzene rings is 2. The molecule has 0 spiro atoms. The van der Waals surface area contributed by atoms with Gasteiger partial charge in [-0.1, -0.05) is 70.0 Å². The maximum atomic E-state index is 13.0. The first-order valence-corrected chi connectivity index (χ1v) is 9.98. The van der Waals surface area contributed by atoms with E-state index in [0.717, 1.165) is 10.0 Å². The number of hydrogen-bond donors (Lipinski definition) is 1. The van der Waals surface area contributed by atoms with Crippen molar-refractivity contribution in [1.29, 1.82) is 0 Å². The van der Waals surface area contributed by atoms with Gasteiger partial charge in [-0.2, -0.15) is 5.10 Å². The molecule has 0 aliphatic carbocycles. The standard InChI is InChI=1S/C21H19BrClN3O3/c1-13-17(19(23)26(25-13)12-14-6-4-3-5-7-14)20(27)24-18(21(28)29-2)15-8-10-16(22)11-9-15/h3-11,18H,12H2,1-2H3,(H,24,27). The number of carbonyl (C=O) groups is 2. The van der Waals surface area contributed by atoms with Crippen LogP contribution < -0.4 is 5.32 Å². The van der Waals surface area contributed by atoms with Crippen LogP contribution in [-0.2, 0) is 16.1 Å². The Balaban J connectivity index is 1.86. The van der Waals surface area contributed by atoms with Gasteiger partial charge in [0, 0.05) is 4.47 Å². The fraction of sp³-hybridized carbons (Fsp3) is 0.190. The van der Waals surface area contributed by atoms with Crippen LogP contribution in [0.4, 0.5) is 0 Å². The second kappa shape index (κ2) is 9.24. The number of methoxy groups -OCH3 is 1. The van der Waals surface area contributed by atoms with Crippen LogP contribution in [0, 0.1) is 6.92 Å². The van der Waals surface area contributed by atoms with Gasteiger partial charge in [0.1, 0.15) is 5.15 Å². The number of nitrogens with zero attached hydrogens (tertiary/aromatic N) is 2. The molecular formula is C21H19BrClN3O3. The van der Waals surface area contributed by atoms with E-state index in [1.807, 2.05) is 30.3 Å². The van der Waals surface area contributed by atoms with Crippen molar-refractivity contribution in [2.45, 2.75) is 19.5 Å². The summed E-state index contributed by atoms with van der Waals surface area (Å²) in [5.41, 5.74) is 2.31. The summed E-state index contributed by atoms with van der Waals surface area (Å²) >= 11 is 9.81. The third-order valence-corrected chi connectivity index (χ3v) is 5.30. The summed E-state index contributed by atoms with van der Waals surface area (Å²) in [6.45, 7) is 2.13. The number of rotatable bonds is 6. The van der Waals surface area contributed by atoms with Gasteiger partial charge in [-0.15, -0.1) is 0 Å². The molecule has 0 saturated carbocycles. The lowest BCUT2D eigenvalue weighted by Gasteiger charge is -2.17. The average molecular weight is 477 g/mol. The smallest absolute Gasteiger partial charge is 0.333 e. The number of carbonyl (C=O) groups excluding carboxylic acids is 2.